The molecule has 2 atom stereocenters. The Labute approximate surface area is 133 Å². The van der Waals surface area contributed by atoms with Crippen molar-refractivity contribution in [3.8, 4) is 11.5 Å². The number of carbonyl (C=O) groups is 2. The number of amides is 1. The summed E-state index contributed by atoms with van der Waals surface area (Å²) in [4.78, 5) is 23.9. The number of furan rings is 1. The summed E-state index contributed by atoms with van der Waals surface area (Å²) >= 11 is 0. The van der Waals surface area contributed by atoms with E-state index >= 15 is 0 Å². The quantitative estimate of drug-likeness (QED) is 0.802. The zero-order valence-corrected chi connectivity index (χ0v) is 12.8. The van der Waals surface area contributed by atoms with E-state index in [0.717, 1.165) is 12.8 Å². The number of nitrogens with zero attached hydrogens (tertiary/aromatic N) is 1. The molecule has 0 spiro atoms. The Kier molecular flexibility index (Phi) is 3.94. The second-order valence-corrected chi connectivity index (χ2v) is 6.15. The van der Waals surface area contributed by atoms with Crippen LogP contribution in [-0.2, 0) is 4.79 Å². The molecule has 0 aromatic carbocycles. The summed E-state index contributed by atoms with van der Waals surface area (Å²) in [5, 5.41) is 19.0. The summed E-state index contributed by atoms with van der Waals surface area (Å²) in [5.41, 5.74) is 0.0568. The third-order valence-electron chi connectivity index (χ3n) is 4.50. The lowest BCUT2D eigenvalue weighted by molar-refractivity contribution is -0.145. The fourth-order valence-corrected chi connectivity index (χ4v) is 3.20. The number of carboxylic acid groups (broad SMARTS) is 1. The number of rotatable bonds is 4. The summed E-state index contributed by atoms with van der Waals surface area (Å²) in [6, 6.07) is 5.10. The predicted molar refractivity (Wildman–Crippen MR) is 81.8 cm³/mol. The minimum absolute atomic E-state index is 0.215. The number of hydrogen-bond acceptors (Lipinski definition) is 4. The predicted octanol–water partition coefficient (Wildman–Crippen LogP) is 2.43. The maximum absolute atomic E-state index is 12.5. The van der Waals surface area contributed by atoms with Crippen LogP contribution in [0.5, 0.6) is 0 Å². The van der Waals surface area contributed by atoms with Gasteiger partial charge >= 0.3 is 5.97 Å². The van der Waals surface area contributed by atoms with Crippen molar-refractivity contribution in [3.05, 3.63) is 30.2 Å². The number of carbonyl (C=O) groups excluding carboxylic acids is 1. The van der Waals surface area contributed by atoms with Crippen LogP contribution in [0.1, 0.15) is 43.1 Å². The van der Waals surface area contributed by atoms with Crippen molar-refractivity contribution in [2.75, 3.05) is 0 Å². The van der Waals surface area contributed by atoms with E-state index in [9.17, 15) is 14.7 Å². The third kappa shape index (κ3) is 2.99. The summed E-state index contributed by atoms with van der Waals surface area (Å²) in [5.74, 6) is -1.24. The summed E-state index contributed by atoms with van der Waals surface area (Å²) < 4.78 is 5.25. The van der Waals surface area contributed by atoms with Gasteiger partial charge < -0.3 is 14.8 Å². The molecule has 0 bridgehead atoms. The number of aromatic amines is 1. The van der Waals surface area contributed by atoms with Gasteiger partial charge in [-0.15, -0.1) is 0 Å². The Hall–Kier alpha value is -2.57. The average Bonchev–Trinajstić information content (AvgIpc) is 3.18. The average molecular weight is 317 g/mol. The molecule has 3 rings (SSSR count). The first-order chi connectivity index (χ1) is 11.0. The Morgan fingerprint density at radius 1 is 1.48 bits per heavy atom. The molecule has 3 N–H and O–H groups in total. The molecule has 122 valence electrons. The second kappa shape index (κ2) is 5.91. The highest BCUT2D eigenvalue weighted by Gasteiger charge is 2.42. The normalized spacial score (nSPS) is 24.3. The van der Waals surface area contributed by atoms with Crippen LogP contribution in [0, 0.1) is 5.92 Å². The third-order valence-corrected chi connectivity index (χ3v) is 4.50. The zero-order valence-electron chi connectivity index (χ0n) is 12.8. The van der Waals surface area contributed by atoms with Gasteiger partial charge in [-0.25, -0.2) is 0 Å². The molecule has 1 saturated carbocycles. The molecule has 23 heavy (non-hydrogen) atoms. The van der Waals surface area contributed by atoms with E-state index in [1.807, 2.05) is 0 Å². The van der Waals surface area contributed by atoms with Gasteiger partial charge in [-0.05, 0) is 31.9 Å². The molecular formula is C16H19N3O4. The van der Waals surface area contributed by atoms with E-state index in [0.29, 0.717) is 24.3 Å². The van der Waals surface area contributed by atoms with Crippen LogP contribution in [0.15, 0.2) is 28.9 Å². The van der Waals surface area contributed by atoms with Crippen LogP contribution in [0.4, 0.5) is 0 Å². The molecule has 1 amide bonds. The fourth-order valence-electron chi connectivity index (χ4n) is 3.20. The van der Waals surface area contributed by atoms with Crippen molar-refractivity contribution in [1.82, 2.24) is 15.5 Å². The van der Waals surface area contributed by atoms with Crippen molar-refractivity contribution in [2.24, 2.45) is 5.92 Å². The Morgan fingerprint density at radius 3 is 3.00 bits per heavy atom. The second-order valence-electron chi connectivity index (χ2n) is 6.15. The molecule has 2 aromatic heterocycles. The molecule has 2 aromatic rings. The highest BCUT2D eigenvalue weighted by atomic mass is 16.4. The van der Waals surface area contributed by atoms with Crippen molar-refractivity contribution < 1.29 is 19.1 Å². The standard InChI is InChI=1S/C16H19N3O4/c1-16(7-3-2-5-10(16)15(21)22)17-14(20)12-9-11(18-19-12)13-6-4-8-23-13/h4,6,8-10H,2-3,5,7H2,1H3,(H,17,20)(H,18,19)(H,21,22). The van der Waals surface area contributed by atoms with Crippen molar-refractivity contribution >= 4 is 11.9 Å². The number of hydrogen-bond donors (Lipinski definition) is 3. The highest BCUT2D eigenvalue weighted by Crippen LogP contribution is 2.34. The maximum Gasteiger partial charge on any atom is 0.308 e. The van der Waals surface area contributed by atoms with Gasteiger partial charge in [0.05, 0.1) is 17.7 Å². The van der Waals surface area contributed by atoms with E-state index in [-0.39, 0.29) is 11.6 Å². The van der Waals surface area contributed by atoms with Gasteiger partial charge in [-0.3, -0.25) is 14.7 Å². The number of carboxylic acids is 1. The fraction of sp³-hybridized carbons (Fsp3) is 0.438. The molecule has 7 nitrogen and oxygen atoms in total. The van der Waals surface area contributed by atoms with Gasteiger partial charge in [-0.1, -0.05) is 12.8 Å². The van der Waals surface area contributed by atoms with Gasteiger partial charge in [0.15, 0.2) is 11.5 Å². The first-order valence-electron chi connectivity index (χ1n) is 7.64. The molecule has 1 aliphatic rings. The van der Waals surface area contributed by atoms with Crippen LogP contribution in [0.2, 0.25) is 0 Å². The van der Waals surface area contributed by atoms with Crippen molar-refractivity contribution in [1.29, 1.82) is 0 Å². The largest absolute Gasteiger partial charge is 0.481 e. The van der Waals surface area contributed by atoms with Crippen LogP contribution in [-0.4, -0.2) is 32.7 Å². The Morgan fingerprint density at radius 2 is 2.30 bits per heavy atom. The number of aliphatic carboxylic acids is 1. The van der Waals surface area contributed by atoms with Gasteiger partial charge in [-0.2, -0.15) is 5.10 Å². The van der Waals surface area contributed by atoms with E-state index in [4.69, 9.17) is 4.42 Å². The van der Waals surface area contributed by atoms with E-state index in [2.05, 4.69) is 15.5 Å². The lowest BCUT2D eigenvalue weighted by Crippen LogP contribution is -2.55. The lowest BCUT2D eigenvalue weighted by Gasteiger charge is -2.39. The molecule has 1 aliphatic carbocycles. The van der Waals surface area contributed by atoms with Crippen LogP contribution < -0.4 is 5.32 Å². The highest BCUT2D eigenvalue weighted by molar-refractivity contribution is 5.94. The summed E-state index contributed by atoms with van der Waals surface area (Å²) in [6.45, 7) is 1.79. The van der Waals surface area contributed by atoms with E-state index in [1.165, 1.54) is 6.26 Å². The van der Waals surface area contributed by atoms with Gasteiger partial charge in [0.2, 0.25) is 0 Å². The van der Waals surface area contributed by atoms with E-state index < -0.39 is 17.4 Å². The molecular weight excluding hydrogens is 298 g/mol. The van der Waals surface area contributed by atoms with Crippen molar-refractivity contribution in [3.63, 3.8) is 0 Å². The van der Waals surface area contributed by atoms with Crippen molar-refractivity contribution in [2.45, 2.75) is 38.1 Å². The SMILES string of the molecule is CC1(NC(=O)c2cc(-c3ccco3)[nH]n2)CCCCC1C(=O)O. The van der Waals surface area contributed by atoms with Gasteiger partial charge in [0.1, 0.15) is 5.69 Å². The maximum atomic E-state index is 12.5. The van der Waals surface area contributed by atoms with Crippen LogP contribution in [0.3, 0.4) is 0 Å². The number of aromatic nitrogens is 2. The van der Waals surface area contributed by atoms with Crippen LogP contribution >= 0.6 is 0 Å². The van der Waals surface area contributed by atoms with E-state index in [1.54, 1.807) is 25.1 Å². The number of nitrogens with one attached hydrogen (secondary N) is 2. The molecule has 1 fully saturated rings. The first kappa shape index (κ1) is 15.3. The molecule has 2 heterocycles. The monoisotopic (exact) mass is 317 g/mol. The van der Waals surface area contributed by atoms with Crippen LogP contribution in [0.25, 0.3) is 11.5 Å². The Bertz CT molecular complexity index is 707. The Balaban J connectivity index is 1.77. The first-order valence-corrected chi connectivity index (χ1v) is 7.64. The zero-order chi connectivity index (χ0) is 16.4. The minimum atomic E-state index is -0.870. The van der Waals surface area contributed by atoms with Gasteiger partial charge in [0.25, 0.3) is 5.91 Å². The molecule has 0 radical (unpaired) electrons. The molecule has 0 aliphatic heterocycles. The minimum Gasteiger partial charge on any atom is -0.481 e. The molecule has 0 saturated heterocycles. The summed E-state index contributed by atoms with van der Waals surface area (Å²) in [7, 11) is 0. The number of H-pyrrole nitrogens is 1. The topological polar surface area (TPSA) is 108 Å². The van der Waals surface area contributed by atoms with Gasteiger partial charge in [0, 0.05) is 6.07 Å². The molecule has 2 unspecified atom stereocenters. The molecule has 7 heteroatoms. The summed E-state index contributed by atoms with van der Waals surface area (Å²) in [6.07, 6.45) is 4.53. The lowest BCUT2D eigenvalue weighted by atomic mass is 9.74. The smallest absolute Gasteiger partial charge is 0.308 e.